The van der Waals surface area contributed by atoms with Crippen molar-refractivity contribution in [2.75, 3.05) is 0 Å². The van der Waals surface area contributed by atoms with Crippen LogP contribution in [0.2, 0.25) is 0 Å². The fourth-order valence-electron chi connectivity index (χ4n) is 0.423. The third-order valence-corrected chi connectivity index (χ3v) is 1.19. The summed E-state index contributed by atoms with van der Waals surface area (Å²) in [6.07, 6.45) is 3.16. The molecule has 0 aliphatic heterocycles. The standard InChI is InChI=1S/C8H10ClF/c1-4-5-7(9)8(10)6(2)3/h4-5H,2H2,1,3H3/b5-4-,8-7-. The molecule has 0 aliphatic rings. The Hall–Kier alpha value is -0.560. The Kier molecular flexibility index (Phi) is 4.05. The second-order valence-corrected chi connectivity index (χ2v) is 2.35. The molecule has 0 saturated carbocycles. The van der Waals surface area contributed by atoms with Crippen molar-refractivity contribution >= 4 is 11.6 Å². The van der Waals surface area contributed by atoms with Crippen molar-refractivity contribution in [2.45, 2.75) is 13.8 Å². The highest BCUT2D eigenvalue weighted by Crippen LogP contribution is 2.18. The normalized spacial score (nSPS) is 13.6. The molecule has 0 unspecified atom stereocenters. The molecule has 2 heteroatoms. The summed E-state index contributed by atoms with van der Waals surface area (Å²) in [6, 6.07) is 0. The van der Waals surface area contributed by atoms with Crippen molar-refractivity contribution in [1.82, 2.24) is 0 Å². The highest BCUT2D eigenvalue weighted by molar-refractivity contribution is 6.31. The van der Waals surface area contributed by atoms with Gasteiger partial charge < -0.3 is 0 Å². The van der Waals surface area contributed by atoms with Gasteiger partial charge in [-0.25, -0.2) is 4.39 Å². The molecule has 0 spiro atoms. The third kappa shape index (κ3) is 2.83. The second kappa shape index (κ2) is 4.29. The van der Waals surface area contributed by atoms with Crippen LogP contribution in [0.15, 0.2) is 35.2 Å². The summed E-state index contributed by atoms with van der Waals surface area (Å²) in [4.78, 5) is 0. The summed E-state index contributed by atoms with van der Waals surface area (Å²) < 4.78 is 12.7. The van der Waals surface area contributed by atoms with E-state index in [1.54, 1.807) is 19.9 Å². The van der Waals surface area contributed by atoms with E-state index in [-0.39, 0.29) is 5.03 Å². The van der Waals surface area contributed by atoms with Gasteiger partial charge in [0.05, 0.1) is 5.03 Å². The van der Waals surface area contributed by atoms with Crippen LogP contribution in [0.4, 0.5) is 4.39 Å². The van der Waals surface area contributed by atoms with E-state index in [0.29, 0.717) is 5.57 Å². The van der Waals surface area contributed by atoms with Gasteiger partial charge in [-0.15, -0.1) is 0 Å². The molecule has 0 aromatic rings. The zero-order valence-electron chi connectivity index (χ0n) is 6.12. The summed E-state index contributed by atoms with van der Waals surface area (Å²) in [5, 5.41) is 0.106. The number of rotatable bonds is 2. The van der Waals surface area contributed by atoms with Crippen LogP contribution in [0.5, 0.6) is 0 Å². The molecule has 0 amide bonds. The molecule has 0 N–H and O–H groups in total. The molecule has 0 radical (unpaired) electrons. The van der Waals surface area contributed by atoms with Gasteiger partial charge in [0.15, 0.2) is 0 Å². The van der Waals surface area contributed by atoms with E-state index >= 15 is 0 Å². The minimum atomic E-state index is -0.445. The van der Waals surface area contributed by atoms with Crippen LogP contribution in [0.3, 0.4) is 0 Å². The van der Waals surface area contributed by atoms with Crippen molar-refractivity contribution in [3.8, 4) is 0 Å². The molecule has 0 aromatic heterocycles. The number of hydrogen-bond acceptors (Lipinski definition) is 0. The minimum absolute atomic E-state index is 0.106. The van der Waals surface area contributed by atoms with Crippen molar-refractivity contribution < 1.29 is 4.39 Å². The van der Waals surface area contributed by atoms with Crippen LogP contribution in [0.25, 0.3) is 0 Å². The fraction of sp³-hybridized carbons (Fsp3) is 0.250. The predicted molar refractivity (Wildman–Crippen MR) is 43.6 cm³/mol. The molecule has 10 heavy (non-hydrogen) atoms. The molecule has 0 nitrogen and oxygen atoms in total. The van der Waals surface area contributed by atoms with Crippen molar-refractivity contribution in [3.05, 3.63) is 35.2 Å². The van der Waals surface area contributed by atoms with Gasteiger partial charge in [0, 0.05) is 0 Å². The smallest absolute Gasteiger partial charge is 0.144 e. The van der Waals surface area contributed by atoms with Crippen LogP contribution in [0.1, 0.15) is 13.8 Å². The molecule has 0 bridgehead atoms. The first kappa shape index (κ1) is 9.44. The maximum absolute atomic E-state index is 12.7. The van der Waals surface area contributed by atoms with Gasteiger partial charge in [0.25, 0.3) is 0 Å². The van der Waals surface area contributed by atoms with Crippen LogP contribution in [-0.4, -0.2) is 0 Å². The van der Waals surface area contributed by atoms with E-state index in [2.05, 4.69) is 6.58 Å². The summed E-state index contributed by atoms with van der Waals surface area (Å²) in [5.41, 5.74) is 0.350. The van der Waals surface area contributed by atoms with Gasteiger partial charge in [-0.2, -0.15) is 0 Å². The summed E-state index contributed by atoms with van der Waals surface area (Å²) in [7, 11) is 0. The predicted octanol–water partition coefficient (Wildman–Crippen LogP) is 3.56. The molecule has 0 fully saturated rings. The van der Waals surface area contributed by atoms with E-state index in [9.17, 15) is 4.39 Å². The molecule has 0 aromatic carbocycles. The Morgan fingerprint density at radius 1 is 1.60 bits per heavy atom. The summed E-state index contributed by atoms with van der Waals surface area (Å²) in [6.45, 7) is 6.75. The lowest BCUT2D eigenvalue weighted by atomic mass is 10.3. The SMILES string of the molecule is C=C(C)/C(F)=C(Cl)\C=C/C. The molecular formula is C8H10ClF. The molecule has 56 valence electrons. The Bertz CT molecular complexity index is 189. The van der Waals surface area contributed by atoms with E-state index in [4.69, 9.17) is 11.6 Å². The Balaban J connectivity index is 4.50. The molecule has 0 rings (SSSR count). The molecule has 0 aliphatic carbocycles. The maximum Gasteiger partial charge on any atom is 0.144 e. The van der Waals surface area contributed by atoms with Gasteiger partial charge in [0.1, 0.15) is 5.83 Å². The minimum Gasteiger partial charge on any atom is -0.205 e. The first-order valence-corrected chi connectivity index (χ1v) is 3.31. The van der Waals surface area contributed by atoms with Crippen molar-refractivity contribution in [1.29, 1.82) is 0 Å². The topological polar surface area (TPSA) is 0 Å². The Labute approximate surface area is 65.7 Å². The number of allylic oxidation sites excluding steroid dienone is 5. The highest BCUT2D eigenvalue weighted by Gasteiger charge is 1.99. The summed E-state index contributed by atoms with van der Waals surface area (Å²) in [5.74, 6) is -0.445. The Morgan fingerprint density at radius 2 is 2.10 bits per heavy atom. The zero-order valence-corrected chi connectivity index (χ0v) is 6.87. The van der Waals surface area contributed by atoms with Gasteiger partial charge >= 0.3 is 0 Å². The van der Waals surface area contributed by atoms with Crippen LogP contribution >= 0.6 is 11.6 Å². The van der Waals surface area contributed by atoms with Crippen LogP contribution in [-0.2, 0) is 0 Å². The van der Waals surface area contributed by atoms with Gasteiger partial charge in [-0.05, 0) is 25.5 Å². The van der Waals surface area contributed by atoms with E-state index in [0.717, 1.165) is 0 Å². The third-order valence-electron chi connectivity index (χ3n) is 0.897. The molecule has 0 heterocycles. The average molecular weight is 161 g/mol. The molecule has 0 saturated heterocycles. The lowest BCUT2D eigenvalue weighted by Crippen LogP contribution is -1.76. The molecular weight excluding hydrogens is 151 g/mol. The van der Waals surface area contributed by atoms with E-state index in [1.807, 2.05) is 0 Å². The quantitative estimate of drug-likeness (QED) is 0.542. The largest absolute Gasteiger partial charge is 0.205 e. The van der Waals surface area contributed by atoms with Crippen molar-refractivity contribution in [2.24, 2.45) is 0 Å². The Morgan fingerprint density at radius 3 is 2.40 bits per heavy atom. The fourth-order valence-corrected chi connectivity index (χ4v) is 0.711. The first-order valence-electron chi connectivity index (χ1n) is 2.93. The van der Waals surface area contributed by atoms with Crippen LogP contribution < -0.4 is 0 Å². The number of halogens is 2. The molecule has 0 atom stereocenters. The monoisotopic (exact) mass is 160 g/mol. The lowest BCUT2D eigenvalue weighted by molar-refractivity contribution is 0.650. The first-order chi connectivity index (χ1) is 4.59. The van der Waals surface area contributed by atoms with Crippen LogP contribution in [0, 0.1) is 0 Å². The van der Waals surface area contributed by atoms with Gasteiger partial charge in [0.2, 0.25) is 0 Å². The van der Waals surface area contributed by atoms with Gasteiger partial charge in [-0.1, -0.05) is 24.3 Å². The van der Waals surface area contributed by atoms with E-state index in [1.165, 1.54) is 6.08 Å². The lowest BCUT2D eigenvalue weighted by Gasteiger charge is -1.94. The average Bonchev–Trinajstić information content (AvgIpc) is 1.87. The zero-order chi connectivity index (χ0) is 8.15. The van der Waals surface area contributed by atoms with E-state index < -0.39 is 5.83 Å². The summed E-state index contributed by atoms with van der Waals surface area (Å²) >= 11 is 5.48. The van der Waals surface area contributed by atoms with Crippen molar-refractivity contribution in [3.63, 3.8) is 0 Å². The number of hydrogen-bond donors (Lipinski definition) is 0. The second-order valence-electron chi connectivity index (χ2n) is 1.94. The van der Waals surface area contributed by atoms with Gasteiger partial charge in [-0.3, -0.25) is 0 Å². The highest BCUT2D eigenvalue weighted by atomic mass is 35.5. The maximum atomic E-state index is 12.7.